The van der Waals surface area contributed by atoms with Crippen molar-refractivity contribution in [1.29, 1.82) is 0 Å². The van der Waals surface area contributed by atoms with Crippen LogP contribution in [0.2, 0.25) is 0 Å². The summed E-state index contributed by atoms with van der Waals surface area (Å²) in [5, 5.41) is 0. The minimum absolute atomic E-state index is 0.353. The van der Waals surface area contributed by atoms with Gasteiger partial charge in [-0.2, -0.15) is 0 Å². The van der Waals surface area contributed by atoms with Crippen LogP contribution in [0.25, 0.3) is 11.8 Å². The third-order valence-corrected chi connectivity index (χ3v) is 2.68. The minimum Gasteiger partial charge on any atom is -0.461 e. The Hall–Kier alpha value is -2.36. The summed E-state index contributed by atoms with van der Waals surface area (Å²) < 4.78 is 6.73. The Bertz CT molecular complexity index is 585. The molecule has 0 amide bonds. The van der Waals surface area contributed by atoms with Crippen LogP contribution in [0.5, 0.6) is 0 Å². The zero-order valence-electron chi connectivity index (χ0n) is 11.0. The first-order chi connectivity index (χ1) is 9.22. The van der Waals surface area contributed by atoms with Crippen molar-refractivity contribution < 1.29 is 9.53 Å². The highest BCUT2D eigenvalue weighted by Crippen LogP contribution is 2.14. The number of esters is 1. The third-order valence-electron chi connectivity index (χ3n) is 2.68. The summed E-state index contributed by atoms with van der Waals surface area (Å²) in [6.07, 6.45) is 5.12. The molecule has 0 radical (unpaired) electrons. The summed E-state index contributed by atoms with van der Waals surface area (Å²) in [5.41, 5.74) is 2.42. The van der Waals surface area contributed by atoms with E-state index in [0.717, 1.165) is 11.3 Å². The fourth-order valence-electron chi connectivity index (χ4n) is 1.79. The average Bonchev–Trinajstić information content (AvgIpc) is 2.89. The van der Waals surface area contributed by atoms with Crippen LogP contribution in [0.3, 0.4) is 0 Å². The first kappa shape index (κ1) is 13.1. The molecule has 1 aromatic carbocycles. The monoisotopic (exact) mass is 256 g/mol. The van der Waals surface area contributed by atoms with E-state index in [4.69, 9.17) is 4.74 Å². The molecule has 0 fully saturated rings. The summed E-state index contributed by atoms with van der Waals surface area (Å²) in [6, 6.07) is 9.92. The number of rotatable bonds is 4. The molecule has 0 saturated heterocycles. The highest BCUT2D eigenvalue weighted by atomic mass is 16.5. The lowest BCUT2D eigenvalue weighted by Gasteiger charge is -2.07. The first-order valence-corrected chi connectivity index (χ1v) is 6.15. The second-order valence-electron chi connectivity index (χ2n) is 4.07. The molecule has 2 aromatic rings. The quantitative estimate of drug-likeness (QED) is 0.790. The maximum absolute atomic E-state index is 11.8. The van der Waals surface area contributed by atoms with Crippen LogP contribution in [-0.2, 0) is 4.74 Å². The Kier molecular flexibility index (Phi) is 4.13. The molecule has 0 spiro atoms. The van der Waals surface area contributed by atoms with Crippen molar-refractivity contribution in [3.8, 4) is 0 Å². The molecule has 1 heterocycles. The predicted octanol–water partition coefficient (Wildman–Crippen LogP) is 3.08. The standard InChI is InChI=1S/C15H16N2O2/c1-3-19-15(18)14-10-16-11-17(14)12(2)9-13-7-5-4-6-8-13/h4-11H,3H2,1-2H3. The number of imidazole rings is 1. The van der Waals surface area contributed by atoms with Crippen molar-refractivity contribution in [3.05, 3.63) is 54.1 Å². The van der Waals surface area contributed by atoms with Gasteiger partial charge in [0.2, 0.25) is 0 Å². The lowest BCUT2D eigenvalue weighted by molar-refractivity contribution is 0.0517. The smallest absolute Gasteiger partial charge is 0.356 e. The van der Waals surface area contributed by atoms with Crippen LogP contribution in [0, 0.1) is 0 Å². The number of nitrogens with zero attached hydrogens (tertiary/aromatic N) is 2. The van der Waals surface area contributed by atoms with Crippen molar-refractivity contribution in [2.45, 2.75) is 13.8 Å². The summed E-state index contributed by atoms with van der Waals surface area (Å²) in [4.78, 5) is 15.8. The number of benzene rings is 1. The molecule has 0 atom stereocenters. The Morgan fingerprint density at radius 1 is 1.37 bits per heavy atom. The fraction of sp³-hybridized carbons (Fsp3) is 0.200. The second-order valence-corrected chi connectivity index (χ2v) is 4.07. The SMILES string of the molecule is CCOC(=O)c1cncn1C(C)=Cc1ccccc1. The fourth-order valence-corrected chi connectivity index (χ4v) is 1.79. The van der Waals surface area contributed by atoms with Crippen LogP contribution in [-0.4, -0.2) is 22.1 Å². The van der Waals surface area contributed by atoms with Gasteiger partial charge in [-0.1, -0.05) is 30.3 Å². The van der Waals surface area contributed by atoms with Crippen LogP contribution in [0.15, 0.2) is 42.9 Å². The number of hydrogen-bond donors (Lipinski definition) is 0. The Morgan fingerprint density at radius 3 is 2.79 bits per heavy atom. The third kappa shape index (κ3) is 3.10. The highest BCUT2D eigenvalue weighted by molar-refractivity contribution is 5.89. The van der Waals surface area contributed by atoms with Crippen LogP contribution < -0.4 is 0 Å². The van der Waals surface area contributed by atoms with Gasteiger partial charge in [0.1, 0.15) is 0 Å². The Balaban J connectivity index is 2.30. The van der Waals surface area contributed by atoms with Gasteiger partial charge in [0.05, 0.1) is 19.1 Å². The summed E-state index contributed by atoms with van der Waals surface area (Å²) in [7, 11) is 0. The molecule has 0 aliphatic carbocycles. The molecular weight excluding hydrogens is 240 g/mol. The van der Waals surface area contributed by atoms with Gasteiger partial charge in [0.25, 0.3) is 0 Å². The molecule has 2 rings (SSSR count). The molecule has 0 saturated carbocycles. The van der Waals surface area contributed by atoms with Crippen LogP contribution >= 0.6 is 0 Å². The molecule has 0 bridgehead atoms. The van der Waals surface area contributed by atoms with Gasteiger partial charge in [-0.3, -0.25) is 4.57 Å². The molecular formula is C15H16N2O2. The lowest BCUT2D eigenvalue weighted by Crippen LogP contribution is -2.10. The summed E-state index contributed by atoms with van der Waals surface area (Å²) >= 11 is 0. The molecule has 4 nitrogen and oxygen atoms in total. The molecule has 0 unspecified atom stereocenters. The maximum Gasteiger partial charge on any atom is 0.356 e. The zero-order chi connectivity index (χ0) is 13.7. The number of ether oxygens (including phenoxy) is 1. The lowest BCUT2D eigenvalue weighted by atomic mass is 10.2. The van der Waals surface area contributed by atoms with E-state index in [2.05, 4.69) is 4.98 Å². The van der Waals surface area contributed by atoms with Gasteiger partial charge >= 0.3 is 5.97 Å². The first-order valence-electron chi connectivity index (χ1n) is 6.15. The van der Waals surface area contributed by atoms with Gasteiger partial charge in [-0.15, -0.1) is 0 Å². The minimum atomic E-state index is -0.360. The van der Waals surface area contributed by atoms with Gasteiger partial charge in [-0.25, -0.2) is 9.78 Å². The van der Waals surface area contributed by atoms with Crippen molar-refractivity contribution in [1.82, 2.24) is 9.55 Å². The molecule has 4 heteroatoms. The number of aromatic nitrogens is 2. The summed E-state index contributed by atoms with van der Waals surface area (Å²) in [5.74, 6) is -0.360. The largest absolute Gasteiger partial charge is 0.461 e. The number of carbonyl (C=O) groups is 1. The molecule has 19 heavy (non-hydrogen) atoms. The van der Waals surface area contributed by atoms with Crippen LogP contribution in [0.4, 0.5) is 0 Å². The van der Waals surface area contributed by atoms with E-state index < -0.39 is 0 Å². The Morgan fingerprint density at radius 2 is 2.11 bits per heavy atom. The van der Waals surface area contributed by atoms with Crippen molar-refractivity contribution in [3.63, 3.8) is 0 Å². The van der Waals surface area contributed by atoms with E-state index in [-0.39, 0.29) is 5.97 Å². The van der Waals surface area contributed by atoms with Gasteiger partial charge in [0, 0.05) is 5.70 Å². The predicted molar refractivity (Wildman–Crippen MR) is 74.5 cm³/mol. The normalized spacial score (nSPS) is 11.4. The van der Waals surface area contributed by atoms with Gasteiger partial charge < -0.3 is 4.74 Å². The van der Waals surface area contributed by atoms with E-state index in [1.165, 1.54) is 6.20 Å². The topological polar surface area (TPSA) is 44.1 Å². The van der Waals surface area contributed by atoms with E-state index >= 15 is 0 Å². The maximum atomic E-state index is 11.8. The van der Waals surface area contributed by atoms with Crippen molar-refractivity contribution in [2.75, 3.05) is 6.61 Å². The summed E-state index contributed by atoms with van der Waals surface area (Å²) in [6.45, 7) is 4.06. The van der Waals surface area contributed by atoms with Gasteiger partial charge in [-0.05, 0) is 25.5 Å². The van der Waals surface area contributed by atoms with Crippen molar-refractivity contribution in [2.24, 2.45) is 0 Å². The van der Waals surface area contributed by atoms with Crippen LogP contribution in [0.1, 0.15) is 29.9 Å². The molecule has 1 aromatic heterocycles. The zero-order valence-corrected chi connectivity index (χ0v) is 11.0. The van der Waals surface area contributed by atoms with E-state index in [1.807, 2.05) is 43.3 Å². The van der Waals surface area contributed by atoms with Crippen molar-refractivity contribution >= 4 is 17.7 Å². The second kappa shape index (κ2) is 6.00. The van der Waals surface area contributed by atoms with E-state index in [9.17, 15) is 4.79 Å². The van der Waals surface area contributed by atoms with E-state index in [1.54, 1.807) is 17.8 Å². The number of allylic oxidation sites excluding steroid dienone is 1. The highest BCUT2D eigenvalue weighted by Gasteiger charge is 2.13. The Labute approximate surface area is 112 Å². The number of hydrogen-bond acceptors (Lipinski definition) is 3. The molecule has 0 aliphatic rings. The molecule has 98 valence electrons. The average molecular weight is 256 g/mol. The van der Waals surface area contributed by atoms with E-state index in [0.29, 0.717) is 12.3 Å². The molecule has 0 aliphatic heterocycles. The van der Waals surface area contributed by atoms with Gasteiger partial charge in [0.15, 0.2) is 5.69 Å². The molecule has 0 N–H and O–H groups in total. The number of carbonyl (C=O) groups excluding carboxylic acids is 1.